The van der Waals surface area contributed by atoms with Gasteiger partial charge in [0.05, 0.1) is 5.01 Å². The van der Waals surface area contributed by atoms with Crippen molar-refractivity contribution in [2.45, 2.75) is 31.2 Å². The van der Waals surface area contributed by atoms with E-state index in [0.29, 0.717) is 0 Å². The number of thiazole rings is 1. The summed E-state index contributed by atoms with van der Waals surface area (Å²) in [4.78, 5) is 4.26. The van der Waals surface area contributed by atoms with Gasteiger partial charge in [-0.15, -0.1) is 24.0 Å². The van der Waals surface area contributed by atoms with Crippen molar-refractivity contribution in [3.63, 3.8) is 0 Å². The minimum Gasteiger partial charge on any atom is -0.235 e. The van der Waals surface area contributed by atoms with E-state index in [2.05, 4.69) is 38.4 Å². The molecule has 1 nitrogen and oxygen atoms in total. The van der Waals surface area contributed by atoms with Crippen LogP contribution in [0.1, 0.15) is 25.8 Å². The zero-order valence-electron chi connectivity index (χ0n) is 6.38. The molecule has 3 heteroatoms. The second-order valence-electron chi connectivity index (χ2n) is 3.26. The van der Waals surface area contributed by atoms with Crippen LogP contribution >= 0.6 is 24.0 Å². The summed E-state index contributed by atoms with van der Waals surface area (Å²) in [6.07, 6.45) is 0. The molecular formula is C7H11NS2. The van der Waals surface area contributed by atoms with Crippen LogP contribution in [0.5, 0.6) is 0 Å². The minimum atomic E-state index is 0.172. The lowest BCUT2D eigenvalue weighted by molar-refractivity contribution is 0.581. The molecule has 0 aliphatic carbocycles. The van der Waals surface area contributed by atoms with Gasteiger partial charge in [-0.25, -0.2) is 4.98 Å². The van der Waals surface area contributed by atoms with Crippen LogP contribution in [0.3, 0.4) is 0 Å². The first-order valence-corrected chi connectivity index (χ1v) is 4.48. The molecule has 0 radical (unpaired) electrons. The third kappa shape index (κ3) is 1.73. The molecule has 0 saturated carbocycles. The summed E-state index contributed by atoms with van der Waals surface area (Å²) in [5.74, 6) is 0. The molecule has 0 amide bonds. The van der Waals surface area contributed by atoms with Gasteiger partial charge in [0.1, 0.15) is 5.03 Å². The molecule has 0 bridgehead atoms. The lowest BCUT2D eigenvalue weighted by atomic mass is 9.98. The average Bonchev–Trinajstić information content (AvgIpc) is 2.11. The summed E-state index contributed by atoms with van der Waals surface area (Å²) in [6.45, 7) is 6.46. The molecule has 0 aromatic carbocycles. The summed E-state index contributed by atoms with van der Waals surface area (Å²) in [5, 5.41) is 3.94. The molecule has 0 spiro atoms. The topological polar surface area (TPSA) is 12.9 Å². The molecule has 0 aliphatic heterocycles. The third-order valence-corrected chi connectivity index (χ3v) is 2.81. The Bertz CT molecular complexity index is 222. The van der Waals surface area contributed by atoms with Gasteiger partial charge in [-0.3, -0.25) is 0 Å². The Hall–Kier alpha value is -0.0200. The SMILES string of the molecule is CC(C)(C)c1nc(S)cs1. The summed E-state index contributed by atoms with van der Waals surface area (Å²) < 4.78 is 0. The van der Waals surface area contributed by atoms with E-state index in [1.807, 2.05) is 5.38 Å². The Balaban J connectivity index is 2.96. The first-order valence-electron chi connectivity index (χ1n) is 3.15. The minimum absolute atomic E-state index is 0.172. The van der Waals surface area contributed by atoms with Crippen LogP contribution in [-0.2, 0) is 5.41 Å². The second-order valence-corrected chi connectivity index (χ2v) is 4.58. The molecule has 1 heterocycles. The van der Waals surface area contributed by atoms with Gasteiger partial charge < -0.3 is 0 Å². The van der Waals surface area contributed by atoms with Crippen molar-refractivity contribution in [2.75, 3.05) is 0 Å². The smallest absolute Gasteiger partial charge is 0.104 e. The first kappa shape index (κ1) is 8.08. The Kier molecular flexibility index (Phi) is 2.06. The molecule has 1 aromatic heterocycles. The lowest BCUT2D eigenvalue weighted by Crippen LogP contribution is -2.09. The van der Waals surface area contributed by atoms with E-state index >= 15 is 0 Å². The van der Waals surface area contributed by atoms with E-state index in [-0.39, 0.29) is 5.41 Å². The first-order chi connectivity index (χ1) is 4.50. The average molecular weight is 173 g/mol. The van der Waals surface area contributed by atoms with E-state index < -0.39 is 0 Å². The number of hydrogen-bond acceptors (Lipinski definition) is 3. The van der Waals surface area contributed by atoms with Gasteiger partial charge in [0.25, 0.3) is 0 Å². The molecule has 0 aliphatic rings. The monoisotopic (exact) mass is 173 g/mol. The Morgan fingerprint density at radius 1 is 1.50 bits per heavy atom. The largest absolute Gasteiger partial charge is 0.235 e. The maximum Gasteiger partial charge on any atom is 0.104 e. The van der Waals surface area contributed by atoms with Crippen molar-refractivity contribution < 1.29 is 0 Å². The fraction of sp³-hybridized carbons (Fsp3) is 0.571. The van der Waals surface area contributed by atoms with E-state index in [1.165, 1.54) is 0 Å². The second kappa shape index (κ2) is 2.55. The highest BCUT2D eigenvalue weighted by molar-refractivity contribution is 7.80. The van der Waals surface area contributed by atoms with Crippen LogP contribution < -0.4 is 0 Å². The quantitative estimate of drug-likeness (QED) is 0.595. The van der Waals surface area contributed by atoms with Gasteiger partial charge in [-0.2, -0.15) is 0 Å². The van der Waals surface area contributed by atoms with E-state index in [9.17, 15) is 0 Å². The fourth-order valence-electron chi connectivity index (χ4n) is 0.610. The number of rotatable bonds is 0. The summed E-state index contributed by atoms with van der Waals surface area (Å²) in [5.41, 5.74) is 0.172. The van der Waals surface area contributed by atoms with Crippen LogP contribution in [0.2, 0.25) is 0 Å². The van der Waals surface area contributed by atoms with E-state index in [0.717, 1.165) is 10.0 Å². The Labute approximate surface area is 70.9 Å². The molecule has 0 unspecified atom stereocenters. The number of thiol groups is 1. The predicted molar refractivity (Wildman–Crippen MR) is 48.1 cm³/mol. The molecule has 56 valence electrons. The predicted octanol–water partition coefficient (Wildman–Crippen LogP) is 2.73. The molecule has 10 heavy (non-hydrogen) atoms. The fourth-order valence-corrected chi connectivity index (χ4v) is 1.71. The zero-order valence-corrected chi connectivity index (χ0v) is 8.09. The van der Waals surface area contributed by atoms with Crippen molar-refractivity contribution in [1.82, 2.24) is 4.98 Å². The van der Waals surface area contributed by atoms with E-state index in [4.69, 9.17) is 0 Å². The van der Waals surface area contributed by atoms with Gasteiger partial charge >= 0.3 is 0 Å². The summed E-state index contributed by atoms with van der Waals surface area (Å²) >= 11 is 5.81. The highest BCUT2D eigenvalue weighted by Crippen LogP contribution is 2.26. The zero-order chi connectivity index (χ0) is 7.78. The number of hydrogen-bond donors (Lipinski definition) is 1. The van der Waals surface area contributed by atoms with E-state index in [1.54, 1.807) is 11.3 Å². The normalized spacial score (nSPS) is 12.0. The van der Waals surface area contributed by atoms with Gasteiger partial charge in [-0.05, 0) is 0 Å². The van der Waals surface area contributed by atoms with Crippen LogP contribution in [-0.4, -0.2) is 4.98 Å². The van der Waals surface area contributed by atoms with Gasteiger partial charge in [0.2, 0.25) is 0 Å². The highest BCUT2D eigenvalue weighted by atomic mass is 32.1. The summed E-state index contributed by atoms with van der Waals surface area (Å²) in [7, 11) is 0. The van der Waals surface area contributed by atoms with Crippen LogP contribution in [0.25, 0.3) is 0 Å². The standard InChI is InChI=1S/C7H11NS2/c1-7(2,3)6-8-5(9)4-10-6/h4,9H,1-3H3. The van der Waals surface area contributed by atoms with Crippen molar-refractivity contribution >= 4 is 24.0 Å². The molecule has 0 fully saturated rings. The Morgan fingerprint density at radius 2 is 2.10 bits per heavy atom. The van der Waals surface area contributed by atoms with Crippen molar-refractivity contribution in [2.24, 2.45) is 0 Å². The summed E-state index contributed by atoms with van der Waals surface area (Å²) in [6, 6.07) is 0. The maximum absolute atomic E-state index is 4.26. The van der Waals surface area contributed by atoms with Crippen LogP contribution in [0.4, 0.5) is 0 Å². The maximum atomic E-state index is 4.26. The molecular weight excluding hydrogens is 162 g/mol. The van der Waals surface area contributed by atoms with Gasteiger partial charge in [0, 0.05) is 10.8 Å². The van der Waals surface area contributed by atoms with Gasteiger partial charge in [0.15, 0.2) is 0 Å². The number of aromatic nitrogens is 1. The molecule has 0 N–H and O–H groups in total. The molecule has 0 atom stereocenters. The van der Waals surface area contributed by atoms with Crippen molar-refractivity contribution in [3.05, 3.63) is 10.4 Å². The van der Waals surface area contributed by atoms with Crippen molar-refractivity contribution in [3.8, 4) is 0 Å². The third-order valence-electron chi connectivity index (χ3n) is 1.13. The molecule has 1 aromatic rings. The van der Waals surface area contributed by atoms with Crippen LogP contribution in [0.15, 0.2) is 10.4 Å². The van der Waals surface area contributed by atoms with Crippen LogP contribution in [0, 0.1) is 0 Å². The Morgan fingerprint density at radius 3 is 2.30 bits per heavy atom. The van der Waals surface area contributed by atoms with Gasteiger partial charge in [-0.1, -0.05) is 20.8 Å². The highest BCUT2D eigenvalue weighted by Gasteiger charge is 2.16. The molecule has 1 rings (SSSR count). The molecule has 0 saturated heterocycles. The lowest BCUT2D eigenvalue weighted by Gasteiger charge is -2.13. The number of nitrogens with zero attached hydrogens (tertiary/aromatic N) is 1. The van der Waals surface area contributed by atoms with Crippen molar-refractivity contribution in [1.29, 1.82) is 0 Å².